The first kappa shape index (κ1) is 11.2. The number of anilines is 1. The second-order valence-corrected chi connectivity index (χ2v) is 4.11. The molecule has 2 rings (SSSR count). The average Bonchev–Trinajstić information content (AvgIpc) is 2.54. The van der Waals surface area contributed by atoms with Crippen LogP contribution in [-0.4, -0.2) is 9.78 Å². The molecule has 17 heavy (non-hydrogen) atoms. The molecular formula is C13H14N4. The van der Waals surface area contributed by atoms with Gasteiger partial charge in [0.05, 0.1) is 11.4 Å². The zero-order valence-corrected chi connectivity index (χ0v) is 10.2. The molecular weight excluding hydrogens is 212 g/mol. The van der Waals surface area contributed by atoms with Crippen molar-refractivity contribution in [1.82, 2.24) is 9.78 Å². The van der Waals surface area contributed by atoms with Gasteiger partial charge in [-0.3, -0.25) is 0 Å². The highest BCUT2D eigenvalue weighted by Gasteiger charge is 2.15. The molecule has 0 saturated carbocycles. The molecule has 0 aliphatic carbocycles. The quantitative estimate of drug-likeness (QED) is 0.810. The van der Waals surface area contributed by atoms with Crippen molar-refractivity contribution in [3.63, 3.8) is 0 Å². The normalized spacial score (nSPS) is 10.2. The van der Waals surface area contributed by atoms with Crippen molar-refractivity contribution in [1.29, 1.82) is 5.26 Å². The second kappa shape index (κ2) is 3.95. The van der Waals surface area contributed by atoms with E-state index in [9.17, 15) is 0 Å². The fraction of sp³-hybridized carbons (Fsp3) is 0.231. The minimum atomic E-state index is 0.405. The molecule has 4 heteroatoms. The number of hydrogen-bond acceptors (Lipinski definition) is 3. The molecule has 4 nitrogen and oxygen atoms in total. The molecule has 0 atom stereocenters. The lowest BCUT2D eigenvalue weighted by molar-refractivity contribution is 0.858. The Morgan fingerprint density at radius 1 is 1.24 bits per heavy atom. The van der Waals surface area contributed by atoms with E-state index < -0.39 is 0 Å². The van der Waals surface area contributed by atoms with E-state index in [0.717, 1.165) is 16.8 Å². The second-order valence-electron chi connectivity index (χ2n) is 4.11. The number of nitrogens with zero attached hydrogens (tertiary/aromatic N) is 3. The summed E-state index contributed by atoms with van der Waals surface area (Å²) in [6, 6.07) is 8.09. The van der Waals surface area contributed by atoms with Gasteiger partial charge < -0.3 is 5.73 Å². The molecule has 0 spiro atoms. The summed E-state index contributed by atoms with van der Waals surface area (Å²) in [5.41, 5.74) is 10.2. The van der Waals surface area contributed by atoms with Crippen LogP contribution in [0.5, 0.6) is 0 Å². The van der Waals surface area contributed by atoms with Crippen LogP contribution in [0.15, 0.2) is 18.2 Å². The number of para-hydroxylation sites is 1. The molecule has 0 aliphatic heterocycles. The molecule has 2 N–H and O–H groups in total. The zero-order chi connectivity index (χ0) is 12.6. The van der Waals surface area contributed by atoms with Gasteiger partial charge in [0.25, 0.3) is 0 Å². The van der Waals surface area contributed by atoms with E-state index in [1.165, 1.54) is 0 Å². The van der Waals surface area contributed by atoms with E-state index in [1.807, 2.05) is 32.0 Å². The van der Waals surface area contributed by atoms with Crippen LogP contribution in [0.25, 0.3) is 5.69 Å². The van der Waals surface area contributed by atoms with Gasteiger partial charge in [0, 0.05) is 0 Å². The van der Waals surface area contributed by atoms with E-state index in [-0.39, 0.29) is 0 Å². The number of hydrogen-bond donors (Lipinski definition) is 1. The third-order valence-corrected chi connectivity index (χ3v) is 2.86. The maximum absolute atomic E-state index is 9.01. The Bertz CT molecular complexity index is 597. The number of aryl methyl sites for hydroxylation is 3. The Hall–Kier alpha value is -2.28. The molecule has 0 saturated heterocycles. The van der Waals surface area contributed by atoms with Crippen molar-refractivity contribution in [2.24, 2.45) is 0 Å². The fourth-order valence-corrected chi connectivity index (χ4v) is 1.99. The molecule has 1 aromatic carbocycles. The van der Waals surface area contributed by atoms with Gasteiger partial charge in [-0.05, 0) is 31.9 Å². The third kappa shape index (κ3) is 1.66. The molecule has 0 fully saturated rings. The predicted octanol–water partition coefficient (Wildman–Crippen LogP) is 2.25. The molecule has 2 aromatic rings. The van der Waals surface area contributed by atoms with Gasteiger partial charge in [0.1, 0.15) is 17.5 Å². The summed E-state index contributed by atoms with van der Waals surface area (Å²) in [6.45, 7) is 5.80. The van der Waals surface area contributed by atoms with Crippen molar-refractivity contribution < 1.29 is 0 Å². The molecule has 0 unspecified atom stereocenters. The topological polar surface area (TPSA) is 67.6 Å². The van der Waals surface area contributed by atoms with Gasteiger partial charge >= 0.3 is 0 Å². The molecule has 0 amide bonds. The van der Waals surface area contributed by atoms with Crippen LogP contribution in [0, 0.1) is 32.1 Å². The van der Waals surface area contributed by atoms with Gasteiger partial charge in [0.15, 0.2) is 0 Å². The summed E-state index contributed by atoms with van der Waals surface area (Å²) < 4.78 is 1.65. The van der Waals surface area contributed by atoms with Crippen LogP contribution in [-0.2, 0) is 0 Å². The summed E-state index contributed by atoms with van der Waals surface area (Å²) in [5.74, 6) is 0.405. The first-order valence-electron chi connectivity index (χ1n) is 5.38. The Balaban J connectivity index is 2.75. The maximum atomic E-state index is 9.01. The highest BCUT2D eigenvalue weighted by atomic mass is 15.3. The number of benzene rings is 1. The Morgan fingerprint density at radius 3 is 2.29 bits per heavy atom. The van der Waals surface area contributed by atoms with Crippen LogP contribution in [0.1, 0.15) is 22.4 Å². The summed E-state index contributed by atoms with van der Waals surface area (Å²) >= 11 is 0. The highest BCUT2D eigenvalue weighted by molar-refractivity contribution is 5.59. The lowest BCUT2D eigenvalue weighted by Crippen LogP contribution is -2.06. The molecule has 86 valence electrons. The Labute approximate surface area is 100 Å². The van der Waals surface area contributed by atoms with Crippen molar-refractivity contribution in [2.75, 3.05) is 5.73 Å². The first-order chi connectivity index (χ1) is 8.06. The molecule has 0 bridgehead atoms. The van der Waals surface area contributed by atoms with E-state index in [4.69, 9.17) is 11.0 Å². The van der Waals surface area contributed by atoms with Gasteiger partial charge in [-0.15, -0.1) is 0 Å². The summed E-state index contributed by atoms with van der Waals surface area (Å²) in [6.07, 6.45) is 0. The minimum absolute atomic E-state index is 0.405. The van der Waals surface area contributed by atoms with Crippen molar-refractivity contribution >= 4 is 5.82 Å². The molecule has 0 radical (unpaired) electrons. The molecule has 1 aromatic heterocycles. The molecule has 0 aliphatic rings. The SMILES string of the molecule is Cc1cccc(C)c1-n1nc(C)c(C#N)c1N. The lowest BCUT2D eigenvalue weighted by Gasteiger charge is -2.10. The van der Waals surface area contributed by atoms with Crippen molar-refractivity contribution in [2.45, 2.75) is 20.8 Å². The van der Waals surface area contributed by atoms with Crippen molar-refractivity contribution in [3.05, 3.63) is 40.6 Å². The van der Waals surface area contributed by atoms with Crippen LogP contribution >= 0.6 is 0 Å². The average molecular weight is 226 g/mol. The van der Waals surface area contributed by atoms with Gasteiger partial charge in [-0.25, -0.2) is 4.68 Å². The van der Waals surface area contributed by atoms with Gasteiger partial charge in [-0.2, -0.15) is 10.4 Å². The Kier molecular flexibility index (Phi) is 2.60. The van der Waals surface area contributed by atoms with E-state index in [1.54, 1.807) is 11.6 Å². The van der Waals surface area contributed by atoms with Crippen LogP contribution < -0.4 is 5.73 Å². The fourth-order valence-electron chi connectivity index (χ4n) is 1.99. The van der Waals surface area contributed by atoms with E-state index >= 15 is 0 Å². The third-order valence-electron chi connectivity index (χ3n) is 2.86. The largest absolute Gasteiger partial charge is 0.382 e. The number of rotatable bonds is 1. The van der Waals surface area contributed by atoms with Crippen molar-refractivity contribution in [3.8, 4) is 11.8 Å². The standard InChI is InChI=1S/C13H14N4/c1-8-5-4-6-9(2)12(8)17-13(15)11(7-14)10(3)16-17/h4-6H,15H2,1-3H3. The highest BCUT2D eigenvalue weighted by Crippen LogP contribution is 2.24. The zero-order valence-electron chi connectivity index (χ0n) is 10.2. The summed E-state index contributed by atoms with van der Waals surface area (Å²) in [7, 11) is 0. The molecule has 1 heterocycles. The number of nitrogen functional groups attached to an aromatic ring is 1. The maximum Gasteiger partial charge on any atom is 0.145 e. The van der Waals surface area contributed by atoms with E-state index in [2.05, 4.69) is 11.2 Å². The monoisotopic (exact) mass is 226 g/mol. The number of nitriles is 1. The number of aromatic nitrogens is 2. The summed E-state index contributed by atoms with van der Waals surface area (Å²) in [5, 5.41) is 13.4. The number of nitrogens with two attached hydrogens (primary N) is 1. The predicted molar refractivity (Wildman–Crippen MR) is 66.9 cm³/mol. The van der Waals surface area contributed by atoms with Gasteiger partial charge in [0.2, 0.25) is 0 Å². The van der Waals surface area contributed by atoms with Crippen LogP contribution in [0.4, 0.5) is 5.82 Å². The first-order valence-corrected chi connectivity index (χ1v) is 5.38. The van der Waals surface area contributed by atoms with Crippen LogP contribution in [0.2, 0.25) is 0 Å². The van der Waals surface area contributed by atoms with E-state index in [0.29, 0.717) is 17.1 Å². The summed E-state index contributed by atoms with van der Waals surface area (Å²) in [4.78, 5) is 0. The van der Waals surface area contributed by atoms with Crippen LogP contribution in [0.3, 0.4) is 0 Å². The minimum Gasteiger partial charge on any atom is -0.382 e. The Morgan fingerprint density at radius 2 is 1.82 bits per heavy atom. The lowest BCUT2D eigenvalue weighted by atomic mass is 10.1. The van der Waals surface area contributed by atoms with Gasteiger partial charge in [-0.1, -0.05) is 18.2 Å². The smallest absolute Gasteiger partial charge is 0.145 e.